The van der Waals surface area contributed by atoms with Crippen LogP contribution in [0.1, 0.15) is 90.9 Å². The fraction of sp³-hybridized carbons (Fsp3) is 0.500. The minimum Gasteiger partial charge on any atom is -0.338 e. The molecule has 3 heterocycles. The van der Waals surface area contributed by atoms with Crippen LogP contribution in [0.4, 0.5) is 0 Å². The second-order valence-corrected chi connectivity index (χ2v) is 12.5. The van der Waals surface area contributed by atoms with Gasteiger partial charge in [0.05, 0.1) is 20.4 Å². The third-order valence-corrected chi connectivity index (χ3v) is 10.2. The zero-order valence-electron chi connectivity index (χ0n) is 21.7. The van der Waals surface area contributed by atoms with Crippen LogP contribution in [-0.4, -0.2) is 4.57 Å². The maximum Gasteiger partial charge on any atom is 0.0714 e. The lowest BCUT2D eigenvalue weighted by atomic mass is 9.94. The van der Waals surface area contributed by atoms with Crippen molar-refractivity contribution in [2.75, 3.05) is 0 Å². The molecule has 3 heteroatoms. The fourth-order valence-corrected chi connectivity index (χ4v) is 8.40. The smallest absolute Gasteiger partial charge is 0.0714 e. The first kappa shape index (κ1) is 24.8. The van der Waals surface area contributed by atoms with Crippen molar-refractivity contribution in [1.82, 2.24) is 4.57 Å². The number of nitrogens with zero attached hydrogens (tertiary/aromatic N) is 1. The number of hydrogen-bond acceptors (Lipinski definition) is 2. The Bertz CT molecular complexity index is 1280. The molecular weight excluding hydrogens is 462 g/mol. The number of fused-ring (bicyclic) bond motifs is 7. The Morgan fingerprint density at radius 1 is 0.600 bits per heavy atom. The van der Waals surface area contributed by atoms with Gasteiger partial charge in [-0.2, -0.15) is 0 Å². The maximum absolute atomic E-state index is 2.75. The summed E-state index contributed by atoms with van der Waals surface area (Å²) in [6.07, 6.45) is 16.6. The van der Waals surface area contributed by atoms with Gasteiger partial charge in [-0.3, -0.25) is 0 Å². The molecule has 0 aliphatic carbocycles. The van der Waals surface area contributed by atoms with E-state index in [1.54, 1.807) is 0 Å². The molecule has 0 amide bonds. The Morgan fingerprint density at radius 3 is 1.60 bits per heavy atom. The van der Waals surface area contributed by atoms with E-state index in [2.05, 4.69) is 66.9 Å². The Balaban J connectivity index is 1.50. The molecule has 3 aromatic heterocycles. The summed E-state index contributed by atoms with van der Waals surface area (Å²) in [4.78, 5) is 0. The summed E-state index contributed by atoms with van der Waals surface area (Å²) in [5.41, 5.74) is 3.00. The van der Waals surface area contributed by atoms with E-state index in [1.807, 2.05) is 22.7 Å². The highest BCUT2D eigenvalue weighted by molar-refractivity contribution is 7.33. The monoisotopic (exact) mass is 503 g/mol. The van der Waals surface area contributed by atoms with E-state index in [-0.39, 0.29) is 0 Å². The van der Waals surface area contributed by atoms with E-state index in [1.165, 1.54) is 124 Å². The summed E-state index contributed by atoms with van der Waals surface area (Å²) in [7, 11) is 0. The topological polar surface area (TPSA) is 4.93 Å². The minimum atomic E-state index is 0.772. The molecule has 0 saturated heterocycles. The second kappa shape index (κ2) is 11.9. The lowest BCUT2D eigenvalue weighted by Gasteiger charge is -2.19. The van der Waals surface area contributed by atoms with Gasteiger partial charge in [0.2, 0.25) is 0 Å². The standard InChI is InChI=1S/C32H41NS2/c1-3-5-7-9-10-12-18-24(17-11-8-6-4-2)23-33-29-25-19-13-15-21-27(25)34-31(29)32-30(33)26-20-14-16-22-28(26)35-32/h13-16,19-22,24H,3-12,17-18,23H2,1-2H3. The van der Waals surface area contributed by atoms with Gasteiger partial charge in [-0.15, -0.1) is 22.7 Å². The summed E-state index contributed by atoms with van der Waals surface area (Å²) in [6.45, 7) is 5.81. The van der Waals surface area contributed by atoms with Crippen molar-refractivity contribution >= 4 is 63.3 Å². The molecule has 2 aromatic carbocycles. The van der Waals surface area contributed by atoms with Gasteiger partial charge in [-0.05, 0) is 30.9 Å². The predicted octanol–water partition coefficient (Wildman–Crippen LogP) is 11.6. The van der Waals surface area contributed by atoms with Crippen LogP contribution >= 0.6 is 22.7 Å². The molecule has 1 unspecified atom stereocenters. The Labute approximate surface area is 219 Å². The molecule has 0 N–H and O–H groups in total. The van der Waals surface area contributed by atoms with Crippen LogP contribution in [0.2, 0.25) is 0 Å². The Morgan fingerprint density at radius 2 is 1.06 bits per heavy atom. The highest BCUT2D eigenvalue weighted by atomic mass is 32.1. The first-order valence-electron chi connectivity index (χ1n) is 14.1. The SMILES string of the molecule is CCCCCCCCC(CCCCCC)Cn1c2c3ccccc3sc2c2sc3ccccc3c21. The molecule has 1 atom stereocenters. The molecule has 35 heavy (non-hydrogen) atoms. The van der Waals surface area contributed by atoms with Gasteiger partial charge >= 0.3 is 0 Å². The largest absolute Gasteiger partial charge is 0.338 e. The van der Waals surface area contributed by atoms with Gasteiger partial charge in [-0.1, -0.05) is 114 Å². The molecule has 1 nitrogen and oxygen atoms in total. The molecule has 0 saturated carbocycles. The van der Waals surface area contributed by atoms with Gasteiger partial charge in [0, 0.05) is 26.7 Å². The van der Waals surface area contributed by atoms with E-state index >= 15 is 0 Å². The van der Waals surface area contributed by atoms with E-state index < -0.39 is 0 Å². The number of rotatable bonds is 14. The summed E-state index contributed by atoms with van der Waals surface area (Å²) in [5, 5.41) is 2.90. The van der Waals surface area contributed by atoms with Gasteiger partial charge in [0.1, 0.15) is 0 Å². The van der Waals surface area contributed by atoms with E-state index in [9.17, 15) is 0 Å². The van der Waals surface area contributed by atoms with Crippen molar-refractivity contribution in [3.63, 3.8) is 0 Å². The predicted molar refractivity (Wildman–Crippen MR) is 160 cm³/mol. The maximum atomic E-state index is 2.75. The summed E-state index contributed by atoms with van der Waals surface area (Å²) >= 11 is 3.99. The molecule has 0 spiro atoms. The van der Waals surface area contributed by atoms with Crippen LogP contribution in [-0.2, 0) is 6.54 Å². The zero-order chi connectivity index (χ0) is 24.0. The molecule has 5 aromatic rings. The van der Waals surface area contributed by atoms with Crippen LogP contribution in [0.25, 0.3) is 40.6 Å². The minimum absolute atomic E-state index is 0.772. The van der Waals surface area contributed by atoms with Crippen LogP contribution in [0.15, 0.2) is 48.5 Å². The van der Waals surface area contributed by atoms with Crippen molar-refractivity contribution in [3.8, 4) is 0 Å². The lowest BCUT2D eigenvalue weighted by molar-refractivity contribution is 0.366. The van der Waals surface area contributed by atoms with Crippen LogP contribution < -0.4 is 0 Å². The van der Waals surface area contributed by atoms with Crippen molar-refractivity contribution in [3.05, 3.63) is 48.5 Å². The number of hydrogen-bond donors (Lipinski definition) is 0. The van der Waals surface area contributed by atoms with Crippen molar-refractivity contribution in [1.29, 1.82) is 0 Å². The van der Waals surface area contributed by atoms with Gasteiger partial charge < -0.3 is 4.57 Å². The summed E-state index contributed by atoms with van der Waals surface area (Å²) in [5.74, 6) is 0.772. The van der Waals surface area contributed by atoms with Crippen LogP contribution in [0.3, 0.4) is 0 Å². The molecule has 0 fully saturated rings. The number of thiophene rings is 2. The average Bonchev–Trinajstić information content (AvgIpc) is 3.53. The van der Waals surface area contributed by atoms with E-state index in [0.29, 0.717) is 0 Å². The van der Waals surface area contributed by atoms with Gasteiger partial charge in [0.25, 0.3) is 0 Å². The van der Waals surface area contributed by atoms with E-state index in [4.69, 9.17) is 0 Å². The number of aromatic nitrogens is 1. The third-order valence-electron chi connectivity index (χ3n) is 7.76. The van der Waals surface area contributed by atoms with Crippen molar-refractivity contribution < 1.29 is 0 Å². The second-order valence-electron chi connectivity index (χ2n) is 10.4. The lowest BCUT2D eigenvalue weighted by Crippen LogP contribution is -2.11. The Kier molecular flexibility index (Phi) is 8.47. The van der Waals surface area contributed by atoms with Crippen LogP contribution in [0, 0.1) is 5.92 Å². The number of unbranched alkanes of at least 4 members (excludes halogenated alkanes) is 8. The molecule has 0 bridgehead atoms. The summed E-state index contributed by atoms with van der Waals surface area (Å²) < 4.78 is 8.63. The fourth-order valence-electron chi connectivity index (χ4n) is 5.86. The quantitative estimate of drug-likeness (QED) is 0.133. The molecule has 0 aliphatic rings. The van der Waals surface area contributed by atoms with Gasteiger partial charge in [-0.25, -0.2) is 0 Å². The number of benzene rings is 2. The molecule has 0 aliphatic heterocycles. The highest BCUT2D eigenvalue weighted by Gasteiger charge is 2.22. The average molecular weight is 504 g/mol. The highest BCUT2D eigenvalue weighted by Crippen LogP contribution is 2.47. The van der Waals surface area contributed by atoms with E-state index in [0.717, 1.165) is 5.92 Å². The summed E-state index contributed by atoms with van der Waals surface area (Å²) in [6, 6.07) is 18.1. The van der Waals surface area contributed by atoms with Crippen molar-refractivity contribution in [2.24, 2.45) is 5.92 Å². The molecule has 0 radical (unpaired) electrons. The Hall–Kier alpha value is -1.84. The first-order chi connectivity index (χ1) is 17.3. The molecule has 186 valence electrons. The molecule has 5 rings (SSSR count). The third kappa shape index (κ3) is 5.32. The van der Waals surface area contributed by atoms with Gasteiger partial charge in [0.15, 0.2) is 0 Å². The first-order valence-corrected chi connectivity index (χ1v) is 15.8. The normalized spacial score (nSPS) is 13.1. The van der Waals surface area contributed by atoms with Crippen LogP contribution in [0.5, 0.6) is 0 Å². The zero-order valence-corrected chi connectivity index (χ0v) is 23.3. The molecular formula is C32H41NS2. The van der Waals surface area contributed by atoms with Crippen molar-refractivity contribution in [2.45, 2.75) is 97.4 Å².